The van der Waals surface area contributed by atoms with E-state index in [4.69, 9.17) is 10.2 Å². The molecule has 1 aromatic rings. The molecule has 1 aliphatic carbocycles. The summed E-state index contributed by atoms with van der Waals surface area (Å²) in [7, 11) is 0. The average molecular weight is 230 g/mol. The van der Waals surface area contributed by atoms with Crippen molar-refractivity contribution >= 4 is 15.9 Å². The summed E-state index contributed by atoms with van der Waals surface area (Å²) in [4.78, 5) is 0. The minimum absolute atomic E-state index is 0.145. The molecule has 0 amide bonds. The van der Waals surface area contributed by atoms with Gasteiger partial charge in [0.05, 0.1) is 0 Å². The maximum atomic E-state index is 5.90. The lowest BCUT2D eigenvalue weighted by molar-refractivity contribution is 0.402. The van der Waals surface area contributed by atoms with Gasteiger partial charge in [0.2, 0.25) is 0 Å². The van der Waals surface area contributed by atoms with Crippen molar-refractivity contribution in [2.24, 2.45) is 5.73 Å². The second-order valence-electron chi connectivity index (χ2n) is 3.55. The molecule has 0 radical (unpaired) electrons. The molecule has 1 atom stereocenters. The zero-order chi connectivity index (χ0) is 8.77. The molecule has 1 unspecified atom stereocenters. The van der Waals surface area contributed by atoms with Crippen molar-refractivity contribution in [1.82, 2.24) is 0 Å². The standard InChI is InChI=1S/C9H12BrNO/c1-6(11)9(4-5-9)7-2-3-8(10)12-7/h2-3,6H,4-5,11H2,1H3. The summed E-state index contributed by atoms with van der Waals surface area (Å²) in [6.45, 7) is 2.05. The van der Waals surface area contributed by atoms with Crippen LogP contribution in [0.5, 0.6) is 0 Å². The van der Waals surface area contributed by atoms with E-state index < -0.39 is 0 Å². The summed E-state index contributed by atoms with van der Waals surface area (Å²) < 4.78 is 6.30. The topological polar surface area (TPSA) is 39.2 Å². The predicted molar refractivity (Wildman–Crippen MR) is 51.0 cm³/mol. The Morgan fingerprint density at radius 1 is 1.58 bits per heavy atom. The molecule has 1 aliphatic rings. The van der Waals surface area contributed by atoms with E-state index in [9.17, 15) is 0 Å². The number of furan rings is 1. The van der Waals surface area contributed by atoms with Gasteiger partial charge in [-0.1, -0.05) is 0 Å². The molecule has 0 spiro atoms. The van der Waals surface area contributed by atoms with Gasteiger partial charge in [0.15, 0.2) is 4.67 Å². The maximum absolute atomic E-state index is 5.90. The fraction of sp³-hybridized carbons (Fsp3) is 0.556. The molecular formula is C9H12BrNO. The fourth-order valence-electron chi connectivity index (χ4n) is 1.64. The number of hydrogen-bond acceptors (Lipinski definition) is 2. The van der Waals surface area contributed by atoms with E-state index in [0.717, 1.165) is 23.3 Å². The van der Waals surface area contributed by atoms with E-state index >= 15 is 0 Å². The van der Waals surface area contributed by atoms with E-state index in [1.807, 2.05) is 19.1 Å². The fourth-order valence-corrected chi connectivity index (χ4v) is 1.95. The Morgan fingerprint density at radius 3 is 2.58 bits per heavy atom. The second kappa shape index (κ2) is 2.60. The number of halogens is 1. The van der Waals surface area contributed by atoms with Gasteiger partial charge in [0, 0.05) is 11.5 Å². The molecule has 0 bridgehead atoms. The largest absolute Gasteiger partial charge is 0.454 e. The van der Waals surface area contributed by atoms with E-state index in [1.165, 1.54) is 0 Å². The van der Waals surface area contributed by atoms with E-state index in [0.29, 0.717) is 0 Å². The van der Waals surface area contributed by atoms with Gasteiger partial charge in [0.1, 0.15) is 5.76 Å². The van der Waals surface area contributed by atoms with Crippen molar-refractivity contribution in [1.29, 1.82) is 0 Å². The van der Waals surface area contributed by atoms with Crippen LogP contribution in [-0.4, -0.2) is 6.04 Å². The van der Waals surface area contributed by atoms with Crippen LogP contribution in [0.25, 0.3) is 0 Å². The van der Waals surface area contributed by atoms with Crippen molar-refractivity contribution in [2.75, 3.05) is 0 Å². The normalized spacial score (nSPS) is 22.2. The van der Waals surface area contributed by atoms with Crippen LogP contribution in [0.3, 0.4) is 0 Å². The molecule has 2 rings (SSSR count). The summed E-state index contributed by atoms with van der Waals surface area (Å²) in [6.07, 6.45) is 2.31. The molecular weight excluding hydrogens is 218 g/mol. The Hall–Kier alpha value is -0.280. The third kappa shape index (κ3) is 1.12. The van der Waals surface area contributed by atoms with Crippen LogP contribution in [0.4, 0.5) is 0 Å². The Bertz CT molecular complexity index is 288. The summed E-state index contributed by atoms with van der Waals surface area (Å²) in [5.41, 5.74) is 6.04. The van der Waals surface area contributed by atoms with E-state index in [1.54, 1.807) is 0 Å². The molecule has 0 aliphatic heterocycles. The average Bonchev–Trinajstić information content (AvgIpc) is 2.71. The highest BCUT2D eigenvalue weighted by Gasteiger charge is 2.50. The highest BCUT2D eigenvalue weighted by Crippen LogP contribution is 2.50. The number of hydrogen-bond donors (Lipinski definition) is 1. The third-order valence-electron chi connectivity index (χ3n) is 2.72. The van der Waals surface area contributed by atoms with Gasteiger partial charge in [-0.15, -0.1) is 0 Å². The molecule has 12 heavy (non-hydrogen) atoms. The van der Waals surface area contributed by atoms with Gasteiger partial charge >= 0.3 is 0 Å². The lowest BCUT2D eigenvalue weighted by Crippen LogP contribution is -2.31. The van der Waals surface area contributed by atoms with Crippen LogP contribution in [0.1, 0.15) is 25.5 Å². The summed E-state index contributed by atoms with van der Waals surface area (Å²) in [5, 5.41) is 0. The summed E-state index contributed by atoms with van der Waals surface area (Å²) in [6, 6.07) is 4.13. The molecule has 0 saturated heterocycles. The first-order chi connectivity index (χ1) is 5.65. The smallest absolute Gasteiger partial charge is 0.169 e. The van der Waals surface area contributed by atoms with Crippen LogP contribution < -0.4 is 5.73 Å². The Balaban J connectivity index is 2.30. The highest BCUT2D eigenvalue weighted by atomic mass is 79.9. The first kappa shape index (κ1) is 8.32. The van der Waals surface area contributed by atoms with Crippen LogP contribution in [0.15, 0.2) is 21.2 Å². The summed E-state index contributed by atoms with van der Waals surface area (Å²) >= 11 is 3.29. The molecule has 2 N–H and O–H groups in total. The van der Waals surface area contributed by atoms with Crippen molar-refractivity contribution < 1.29 is 4.42 Å². The predicted octanol–water partition coefficient (Wildman–Crippen LogP) is 2.42. The van der Waals surface area contributed by atoms with Gasteiger partial charge in [0.25, 0.3) is 0 Å². The monoisotopic (exact) mass is 229 g/mol. The van der Waals surface area contributed by atoms with Gasteiger partial charge in [-0.05, 0) is 47.8 Å². The lowest BCUT2D eigenvalue weighted by Gasteiger charge is -2.15. The first-order valence-corrected chi connectivity index (χ1v) is 4.96. The van der Waals surface area contributed by atoms with E-state index in [-0.39, 0.29) is 11.5 Å². The molecule has 66 valence electrons. The quantitative estimate of drug-likeness (QED) is 0.847. The molecule has 0 aromatic carbocycles. The minimum Gasteiger partial charge on any atom is -0.454 e. The summed E-state index contributed by atoms with van der Waals surface area (Å²) in [5.74, 6) is 1.03. The van der Waals surface area contributed by atoms with E-state index in [2.05, 4.69) is 15.9 Å². The van der Waals surface area contributed by atoms with Gasteiger partial charge in [-0.25, -0.2) is 0 Å². The number of rotatable bonds is 2. The maximum Gasteiger partial charge on any atom is 0.169 e. The zero-order valence-electron chi connectivity index (χ0n) is 7.01. The zero-order valence-corrected chi connectivity index (χ0v) is 8.60. The molecule has 1 aromatic heterocycles. The van der Waals surface area contributed by atoms with Crippen LogP contribution in [0.2, 0.25) is 0 Å². The van der Waals surface area contributed by atoms with Crippen LogP contribution in [-0.2, 0) is 5.41 Å². The van der Waals surface area contributed by atoms with Crippen molar-refractivity contribution in [3.05, 3.63) is 22.6 Å². The molecule has 1 saturated carbocycles. The van der Waals surface area contributed by atoms with Crippen molar-refractivity contribution in [3.63, 3.8) is 0 Å². The van der Waals surface area contributed by atoms with Gasteiger partial charge in [-0.2, -0.15) is 0 Å². The molecule has 3 heteroatoms. The molecule has 1 heterocycles. The first-order valence-electron chi connectivity index (χ1n) is 4.16. The number of nitrogens with two attached hydrogens (primary N) is 1. The van der Waals surface area contributed by atoms with Crippen molar-refractivity contribution in [2.45, 2.75) is 31.2 Å². The third-order valence-corrected chi connectivity index (χ3v) is 3.15. The van der Waals surface area contributed by atoms with Crippen LogP contribution in [0, 0.1) is 0 Å². The Labute approximate surface area is 80.3 Å². The van der Waals surface area contributed by atoms with Crippen molar-refractivity contribution in [3.8, 4) is 0 Å². The Kier molecular flexibility index (Phi) is 1.81. The lowest BCUT2D eigenvalue weighted by atomic mass is 9.96. The van der Waals surface area contributed by atoms with Gasteiger partial charge in [-0.3, -0.25) is 0 Å². The highest BCUT2D eigenvalue weighted by molar-refractivity contribution is 9.10. The van der Waals surface area contributed by atoms with Crippen LogP contribution >= 0.6 is 15.9 Å². The van der Waals surface area contributed by atoms with Gasteiger partial charge < -0.3 is 10.2 Å². The second-order valence-corrected chi connectivity index (χ2v) is 4.33. The minimum atomic E-state index is 0.145. The SMILES string of the molecule is CC(N)C1(c2ccc(Br)o2)CC1. The Morgan fingerprint density at radius 2 is 2.25 bits per heavy atom. The molecule has 1 fully saturated rings. The molecule has 2 nitrogen and oxygen atoms in total.